The molecule has 1 amide bonds. The first kappa shape index (κ1) is 26.9. The molecule has 0 spiro atoms. The van der Waals surface area contributed by atoms with Crippen LogP contribution in [0.1, 0.15) is 46.3 Å². The van der Waals surface area contributed by atoms with Gasteiger partial charge in [0.15, 0.2) is 11.6 Å². The van der Waals surface area contributed by atoms with Gasteiger partial charge in [0.25, 0.3) is 5.91 Å². The van der Waals surface area contributed by atoms with Gasteiger partial charge in [0.2, 0.25) is 5.90 Å². The number of hydrogen-bond acceptors (Lipinski definition) is 7. The number of thiazole rings is 1. The van der Waals surface area contributed by atoms with Gasteiger partial charge in [-0.1, -0.05) is 60.7 Å². The first-order valence-corrected chi connectivity index (χ1v) is 14.6. The van der Waals surface area contributed by atoms with E-state index in [2.05, 4.69) is 4.98 Å². The Labute approximate surface area is 243 Å². The van der Waals surface area contributed by atoms with Crippen molar-refractivity contribution in [1.82, 2.24) is 4.98 Å². The van der Waals surface area contributed by atoms with Crippen molar-refractivity contribution in [2.45, 2.75) is 38.0 Å². The Kier molecular flexibility index (Phi) is 7.67. The van der Waals surface area contributed by atoms with Crippen LogP contribution in [0.3, 0.4) is 0 Å². The highest BCUT2D eigenvalue weighted by Gasteiger charge is 2.58. The van der Waals surface area contributed by atoms with Gasteiger partial charge in [-0.15, -0.1) is 11.3 Å². The fourth-order valence-electron chi connectivity index (χ4n) is 5.31. The van der Waals surface area contributed by atoms with E-state index >= 15 is 0 Å². The van der Waals surface area contributed by atoms with Crippen molar-refractivity contribution in [3.63, 3.8) is 0 Å². The third kappa shape index (κ3) is 5.40. The molecular formula is C33H31N3O4S. The zero-order valence-corrected chi connectivity index (χ0v) is 23.6. The molecular weight excluding hydrogens is 534 g/mol. The van der Waals surface area contributed by atoms with Crippen molar-refractivity contribution in [1.29, 1.82) is 0 Å². The van der Waals surface area contributed by atoms with Gasteiger partial charge in [-0.25, -0.2) is 9.98 Å². The van der Waals surface area contributed by atoms with Gasteiger partial charge >= 0.3 is 0 Å². The molecule has 0 saturated heterocycles. The first-order valence-electron chi connectivity index (χ1n) is 13.7. The molecule has 0 unspecified atom stereocenters. The average molecular weight is 566 g/mol. The Hall–Kier alpha value is -4.27. The lowest BCUT2D eigenvalue weighted by Crippen LogP contribution is -2.53. The molecule has 6 rings (SSSR count). The van der Waals surface area contributed by atoms with Crippen LogP contribution in [0.15, 0.2) is 95.3 Å². The predicted molar refractivity (Wildman–Crippen MR) is 161 cm³/mol. The molecule has 2 aliphatic rings. The molecule has 0 bridgehead atoms. The topological polar surface area (TPSA) is 84.3 Å². The summed E-state index contributed by atoms with van der Waals surface area (Å²) in [7, 11) is 0. The number of aliphatic hydroxyl groups is 1. The number of carbonyl (C=O) groups is 1. The molecule has 208 valence electrons. The second-order valence-corrected chi connectivity index (χ2v) is 11.2. The minimum atomic E-state index is -1.17. The van der Waals surface area contributed by atoms with Gasteiger partial charge in [0, 0.05) is 36.0 Å². The number of amides is 1. The summed E-state index contributed by atoms with van der Waals surface area (Å²) in [6, 6.07) is 25.4. The van der Waals surface area contributed by atoms with Crippen LogP contribution in [0.25, 0.3) is 6.08 Å². The van der Waals surface area contributed by atoms with E-state index in [0.717, 1.165) is 33.1 Å². The summed E-state index contributed by atoms with van der Waals surface area (Å²) in [6.07, 6.45) is 4.41. The van der Waals surface area contributed by atoms with E-state index in [-0.39, 0.29) is 12.5 Å². The first-order chi connectivity index (χ1) is 20.1. The van der Waals surface area contributed by atoms with Crippen LogP contribution in [0.5, 0.6) is 5.75 Å². The number of hydrogen-bond donors (Lipinski definition) is 1. The summed E-state index contributed by atoms with van der Waals surface area (Å²) in [6.45, 7) is 2.85. The molecule has 0 fully saturated rings. The molecule has 4 aromatic rings. The van der Waals surface area contributed by atoms with E-state index in [0.29, 0.717) is 37.6 Å². The second-order valence-electron chi connectivity index (χ2n) is 10.1. The number of para-hydroxylation sites is 1. The van der Waals surface area contributed by atoms with Crippen LogP contribution in [0, 0.1) is 6.92 Å². The van der Waals surface area contributed by atoms with Crippen LogP contribution in [0.4, 0.5) is 5.69 Å². The SMILES string of the molecule is Cc1nc(CN2C(=O)[C@]3(C/C=C/c4ccccc4)N=C(c4ccc(OCCCO)cc4)O[C@@H]3c3ccccc32)cs1. The molecule has 1 aromatic heterocycles. The third-order valence-electron chi connectivity index (χ3n) is 7.29. The number of nitrogens with zero attached hydrogens (tertiary/aromatic N) is 3. The van der Waals surface area contributed by atoms with Crippen LogP contribution < -0.4 is 9.64 Å². The average Bonchev–Trinajstić information content (AvgIpc) is 3.60. The van der Waals surface area contributed by atoms with Crippen LogP contribution >= 0.6 is 11.3 Å². The number of aliphatic hydroxyl groups excluding tert-OH is 1. The summed E-state index contributed by atoms with van der Waals surface area (Å²) >= 11 is 1.58. The molecule has 3 heterocycles. The molecule has 0 radical (unpaired) electrons. The van der Waals surface area contributed by atoms with Crippen molar-refractivity contribution < 1.29 is 19.4 Å². The van der Waals surface area contributed by atoms with E-state index in [9.17, 15) is 4.79 Å². The standard InChI is InChI=1S/C33H31N3O4S/c1-23-34-26(22-41-23)21-36-29-13-6-5-12-28(29)30-33(32(36)38,18-7-11-24-9-3-2-4-10-24)35-31(40-30)25-14-16-27(17-15-25)39-20-8-19-37/h2-7,9-17,22,30,37H,8,18-21H2,1H3/b11-7+/t30-,33-/m1/s1. The van der Waals surface area contributed by atoms with E-state index < -0.39 is 11.6 Å². The normalized spacial score (nSPS) is 19.6. The zero-order chi connectivity index (χ0) is 28.2. The molecule has 2 aliphatic heterocycles. The minimum absolute atomic E-state index is 0.0829. The van der Waals surface area contributed by atoms with Crippen LogP contribution in [-0.4, -0.2) is 40.6 Å². The Morgan fingerprint density at radius 3 is 2.61 bits per heavy atom. The van der Waals surface area contributed by atoms with Crippen molar-refractivity contribution >= 4 is 34.9 Å². The Morgan fingerprint density at radius 2 is 1.85 bits per heavy atom. The number of fused-ring (bicyclic) bond motifs is 3. The van der Waals surface area contributed by atoms with Gasteiger partial charge in [-0.05, 0) is 42.8 Å². The number of carbonyl (C=O) groups excluding carboxylic acids is 1. The molecule has 0 aliphatic carbocycles. The third-order valence-corrected chi connectivity index (χ3v) is 8.11. The smallest absolute Gasteiger partial charge is 0.260 e. The van der Waals surface area contributed by atoms with Crippen LogP contribution in [0.2, 0.25) is 0 Å². The molecule has 41 heavy (non-hydrogen) atoms. The largest absolute Gasteiger partial charge is 0.494 e. The summed E-state index contributed by atoms with van der Waals surface area (Å²) < 4.78 is 12.3. The Balaban J connectivity index is 1.39. The van der Waals surface area contributed by atoms with Crippen molar-refractivity contribution in [3.8, 4) is 5.75 Å². The summed E-state index contributed by atoms with van der Waals surface area (Å²) in [5.41, 5.74) is 3.25. The number of aryl methyl sites for hydroxylation is 1. The number of anilines is 1. The number of benzene rings is 3. The lowest BCUT2D eigenvalue weighted by atomic mass is 9.79. The minimum Gasteiger partial charge on any atom is -0.494 e. The zero-order valence-electron chi connectivity index (χ0n) is 22.8. The van der Waals surface area contributed by atoms with Gasteiger partial charge in [0.05, 0.1) is 29.5 Å². The van der Waals surface area contributed by atoms with Gasteiger partial charge in [0.1, 0.15) is 5.75 Å². The van der Waals surface area contributed by atoms with Gasteiger partial charge in [-0.2, -0.15) is 0 Å². The van der Waals surface area contributed by atoms with E-state index in [1.54, 1.807) is 11.3 Å². The van der Waals surface area contributed by atoms with Gasteiger partial charge < -0.3 is 19.5 Å². The molecule has 0 saturated carbocycles. The fraction of sp³-hybridized carbons (Fsp3) is 0.242. The molecule has 7 nitrogen and oxygen atoms in total. The van der Waals surface area contributed by atoms with Crippen molar-refractivity contribution in [3.05, 3.63) is 118 Å². The molecule has 8 heteroatoms. The number of rotatable bonds is 10. The second kappa shape index (κ2) is 11.7. The molecule has 1 N–H and O–H groups in total. The van der Waals surface area contributed by atoms with Gasteiger partial charge in [-0.3, -0.25) is 4.79 Å². The summed E-state index contributed by atoms with van der Waals surface area (Å²) in [5, 5.41) is 12.0. The highest BCUT2D eigenvalue weighted by atomic mass is 32.1. The lowest BCUT2D eigenvalue weighted by molar-refractivity contribution is -0.127. The van der Waals surface area contributed by atoms with E-state index in [1.807, 2.05) is 108 Å². The maximum absolute atomic E-state index is 14.6. The maximum atomic E-state index is 14.6. The highest BCUT2D eigenvalue weighted by Crippen LogP contribution is 2.50. The predicted octanol–water partition coefficient (Wildman–Crippen LogP) is 6.12. The Morgan fingerprint density at radius 1 is 1.07 bits per heavy atom. The lowest BCUT2D eigenvalue weighted by Gasteiger charge is -2.41. The number of aromatic nitrogens is 1. The Bertz CT molecular complexity index is 1580. The summed E-state index contributed by atoms with van der Waals surface area (Å²) in [5.74, 6) is 1.02. The quantitative estimate of drug-likeness (QED) is 0.234. The van der Waals surface area contributed by atoms with Crippen molar-refractivity contribution in [2.75, 3.05) is 18.1 Å². The maximum Gasteiger partial charge on any atom is 0.260 e. The van der Waals surface area contributed by atoms with Crippen LogP contribution in [-0.2, 0) is 16.1 Å². The highest BCUT2D eigenvalue weighted by molar-refractivity contribution is 7.09. The molecule has 2 atom stereocenters. The fourth-order valence-corrected chi connectivity index (χ4v) is 5.92. The summed E-state index contributed by atoms with van der Waals surface area (Å²) in [4.78, 5) is 26.1. The number of aliphatic imine (C=N–C) groups is 1. The van der Waals surface area contributed by atoms with E-state index in [1.165, 1.54) is 0 Å². The van der Waals surface area contributed by atoms with Crippen molar-refractivity contribution in [2.24, 2.45) is 4.99 Å². The number of ether oxygens (including phenoxy) is 2. The van der Waals surface area contributed by atoms with E-state index in [4.69, 9.17) is 19.6 Å². The molecule has 3 aromatic carbocycles. The monoisotopic (exact) mass is 565 g/mol.